The number of anilines is 2. The summed E-state index contributed by atoms with van der Waals surface area (Å²) in [5, 5.41) is 3.20. The summed E-state index contributed by atoms with van der Waals surface area (Å²) in [5.41, 5.74) is 3.41. The van der Waals surface area contributed by atoms with Gasteiger partial charge in [-0.1, -0.05) is 26.8 Å². The molecule has 4 aromatic rings. The first-order valence-corrected chi connectivity index (χ1v) is 19.5. The highest BCUT2D eigenvalue weighted by molar-refractivity contribution is 7.82. The molecule has 2 aromatic heterocycles. The van der Waals surface area contributed by atoms with E-state index < -0.39 is 17.2 Å². The fourth-order valence-electron chi connectivity index (χ4n) is 7.41. The third kappa shape index (κ3) is 8.99. The topological polar surface area (TPSA) is 150 Å². The number of hydrogen-bond acceptors (Lipinski definition) is 10. The second-order valence-electron chi connectivity index (χ2n) is 14.1. The highest BCUT2D eigenvalue weighted by Gasteiger charge is 2.36. The molecule has 2 aromatic carbocycles. The van der Waals surface area contributed by atoms with E-state index in [1.54, 1.807) is 29.8 Å². The second kappa shape index (κ2) is 17.4. The van der Waals surface area contributed by atoms with Gasteiger partial charge in [-0.15, -0.1) is 0 Å². The van der Waals surface area contributed by atoms with Crippen LogP contribution in [0, 0.1) is 31.2 Å². The van der Waals surface area contributed by atoms with E-state index in [0.717, 1.165) is 24.1 Å². The predicted molar refractivity (Wildman–Crippen MR) is 205 cm³/mol. The number of carbonyl (C=O) groups excluding carboxylic acids is 2. The number of aromatic nitrogens is 3. The molecule has 0 radical (unpaired) electrons. The Morgan fingerprint density at radius 1 is 1.09 bits per heavy atom. The van der Waals surface area contributed by atoms with Gasteiger partial charge in [0.1, 0.15) is 11.7 Å². The Bertz CT molecular complexity index is 2020. The zero-order valence-corrected chi connectivity index (χ0v) is 32.2. The molecule has 0 spiro atoms. The summed E-state index contributed by atoms with van der Waals surface area (Å²) in [5.74, 6) is 1.23. The van der Waals surface area contributed by atoms with Gasteiger partial charge in [0.15, 0.2) is 23.0 Å². The van der Waals surface area contributed by atoms with Gasteiger partial charge >= 0.3 is 23.2 Å². The van der Waals surface area contributed by atoms with Gasteiger partial charge in [0.05, 0.1) is 44.4 Å². The zero-order valence-electron chi connectivity index (χ0n) is 31.4. The van der Waals surface area contributed by atoms with E-state index in [2.05, 4.69) is 40.3 Å². The Balaban J connectivity index is 1.24. The molecule has 2 fully saturated rings. The first kappa shape index (κ1) is 38.6. The Morgan fingerprint density at radius 2 is 1.85 bits per heavy atom. The molecule has 6 rings (SSSR count). The van der Waals surface area contributed by atoms with Crippen molar-refractivity contribution in [1.29, 1.82) is 0 Å². The van der Waals surface area contributed by atoms with Gasteiger partial charge < -0.3 is 28.0 Å². The molecule has 0 bridgehead atoms. The number of esters is 2. The minimum absolute atomic E-state index is 0.125. The molecular weight excluding hydrogens is 713 g/mol. The summed E-state index contributed by atoms with van der Waals surface area (Å²) < 4.78 is 46.7. The lowest BCUT2D eigenvalue weighted by Gasteiger charge is -2.37. The van der Waals surface area contributed by atoms with Crippen LogP contribution >= 0.6 is 0 Å². The van der Waals surface area contributed by atoms with Gasteiger partial charge in [-0.3, -0.25) is 19.1 Å². The molecule has 288 valence electrons. The standard InChI is InChI=1S/C39H48N6O8S/c1-7-50-34(46)9-8-16-51-32-13-10-24(2)21-33(32)53-54(48)43-29-22-28(11-12-31(29)44-14-17-49-18-15-44)37-41-38-35(30(40-6)23-45(38)42-37)39(47)52-36-26(4)19-25(3)20-27(36)5/h10-13,21-23,25-27,36,43H,7-9,14-20H2,1-5H3,(H,41,42). The Kier molecular flexibility index (Phi) is 12.4. The van der Waals surface area contributed by atoms with Crippen LogP contribution in [0.15, 0.2) is 42.6 Å². The number of aromatic amines is 1. The van der Waals surface area contributed by atoms with Crippen molar-refractivity contribution in [3.05, 3.63) is 65.1 Å². The molecule has 54 heavy (non-hydrogen) atoms. The number of morpholine rings is 1. The lowest BCUT2D eigenvalue weighted by Crippen LogP contribution is -2.37. The van der Waals surface area contributed by atoms with Gasteiger partial charge in [0, 0.05) is 31.3 Å². The molecule has 3 unspecified atom stereocenters. The molecule has 1 aliphatic heterocycles. The summed E-state index contributed by atoms with van der Waals surface area (Å²) in [6.07, 6.45) is 3.92. The van der Waals surface area contributed by atoms with Crippen molar-refractivity contribution >= 4 is 45.9 Å². The number of nitrogens with zero attached hydrogens (tertiary/aromatic N) is 4. The summed E-state index contributed by atoms with van der Waals surface area (Å²) in [6, 6.07) is 11.0. The van der Waals surface area contributed by atoms with E-state index in [4.69, 9.17) is 34.7 Å². The van der Waals surface area contributed by atoms with Crippen LogP contribution in [0.3, 0.4) is 0 Å². The maximum Gasteiger partial charge on any atom is 0.331 e. The third-order valence-electron chi connectivity index (χ3n) is 9.81. The SMILES string of the molecule is [C-]#[N+]c1cn2[nH]c(-c3ccc(N4CCOCC4)c(NS(=O)Oc4cc(C)ccc4OCCCC(=O)OCC)c3)nc2c1C(=O)OC1C(C)CC(C)CC1C. The summed E-state index contributed by atoms with van der Waals surface area (Å²) in [7, 11) is 0. The van der Waals surface area contributed by atoms with Gasteiger partial charge in [0.25, 0.3) is 0 Å². The van der Waals surface area contributed by atoms with E-state index in [0.29, 0.717) is 73.7 Å². The first-order chi connectivity index (χ1) is 26.0. The largest absolute Gasteiger partial charge is 0.490 e. The highest BCUT2D eigenvalue weighted by atomic mass is 32.2. The van der Waals surface area contributed by atoms with Crippen LogP contribution in [-0.4, -0.2) is 76.4 Å². The minimum Gasteiger partial charge on any atom is -0.490 e. The molecule has 1 saturated heterocycles. The van der Waals surface area contributed by atoms with Crippen LogP contribution in [0.1, 0.15) is 69.3 Å². The number of aryl methyl sites for hydroxylation is 1. The Labute approximate surface area is 318 Å². The van der Waals surface area contributed by atoms with Crippen molar-refractivity contribution < 1.29 is 36.9 Å². The van der Waals surface area contributed by atoms with Crippen LogP contribution in [0.2, 0.25) is 0 Å². The normalized spacial score (nSPS) is 20.6. The molecule has 2 aliphatic rings. The fraction of sp³-hybridized carbons (Fsp3) is 0.487. The molecule has 14 nitrogen and oxygen atoms in total. The van der Waals surface area contributed by atoms with Crippen LogP contribution in [0.25, 0.3) is 21.9 Å². The van der Waals surface area contributed by atoms with Crippen molar-refractivity contribution in [2.45, 2.75) is 66.4 Å². The van der Waals surface area contributed by atoms with E-state index in [1.807, 2.05) is 31.2 Å². The molecule has 3 atom stereocenters. The maximum absolute atomic E-state index is 13.7. The van der Waals surface area contributed by atoms with Crippen LogP contribution in [-0.2, 0) is 30.3 Å². The highest BCUT2D eigenvalue weighted by Crippen LogP contribution is 2.38. The van der Waals surface area contributed by atoms with Crippen LogP contribution in [0.4, 0.5) is 17.1 Å². The van der Waals surface area contributed by atoms with Crippen molar-refractivity contribution in [2.24, 2.45) is 17.8 Å². The monoisotopic (exact) mass is 760 g/mol. The lowest BCUT2D eigenvalue weighted by molar-refractivity contribution is -0.143. The van der Waals surface area contributed by atoms with E-state index in [1.165, 1.54) is 0 Å². The van der Waals surface area contributed by atoms with Crippen molar-refractivity contribution in [1.82, 2.24) is 14.6 Å². The van der Waals surface area contributed by atoms with Gasteiger partial charge in [0.2, 0.25) is 5.69 Å². The van der Waals surface area contributed by atoms with Crippen LogP contribution < -0.4 is 18.5 Å². The number of hydrogen-bond donors (Lipinski definition) is 2. The van der Waals surface area contributed by atoms with Crippen LogP contribution in [0.5, 0.6) is 11.5 Å². The summed E-state index contributed by atoms with van der Waals surface area (Å²) in [6.45, 7) is 20.8. The molecule has 2 N–H and O–H groups in total. The Hall–Kier alpha value is -5.07. The van der Waals surface area contributed by atoms with Crippen molar-refractivity contribution in [2.75, 3.05) is 49.1 Å². The third-order valence-corrected chi connectivity index (χ3v) is 10.5. The van der Waals surface area contributed by atoms with Gasteiger partial charge in [-0.25, -0.2) is 14.6 Å². The smallest absolute Gasteiger partial charge is 0.331 e. The lowest BCUT2D eigenvalue weighted by atomic mass is 9.75. The number of benzene rings is 2. The van der Waals surface area contributed by atoms with Crippen molar-refractivity contribution in [3.8, 4) is 22.9 Å². The molecule has 3 heterocycles. The number of fused-ring (bicyclic) bond motifs is 1. The number of H-pyrrole nitrogens is 1. The van der Waals surface area contributed by atoms with E-state index >= 15 is 0 Å². The second-order valence-corrected chi connectivity index (χ2v) is 15.0. The Morgan fingerprint density at radius 3 is 2.57 bits per heavy atom. The number of nitrogens with one attached hydrogen (secondary N) is 2. The molecular formula is C39H48N6O8S. The zero-order chi connectivity index (χ0) is 38.4. The average molecular weight is 761 g/mol. The van der Waals surface area contributed by atoms with E-state index in [9.17, 15) is 13.8 Å². The predicted octanol–water partition coefficient (Wildman–Crippen LogP) is 7.04. The number of ether oxygens (including phenoxy) is 4. The van der Waals surface area contributed by atoms with Gasteiger partial charge in [-0.05, 0) is 86.8 Å². The van der Waals surface area contributed by atoms with Crippen molar-refractivity contribution in [3.63, 3.8) is 0 Å². The molecule has 15 heteroatoms. The number of rotatable bonds is 14. The fourth-order valence-corrected chi connectivity index (χ4v) is 8.09. The maximum atomic E-state index is 13.7. The summed E-state index contributed by atoms with van der Waals surface area (Å²) >= 11 is -2.06. The molecule has 1 saturated carbocycles. The number of carbonyl (C=O) groups is 2. The average Bonchev–Trinajstić information content (AvgIpc) is 3.71. The molecule has 0 amide bonds. The first-order valence-electron chi connectivity index (χ1n) is 18.5. The van der Waals surface area contributed by atoms with E-state index in [-0.39, 0.29) is 53.9 Å². The van der Waals surface area contributed by atoms with Gasteiger partial charge in [-0.2, -0.15) is 4.21 Å². The quantitative estimate of drug-likeness (QED) is 0.0778. The summed E-state index contributed by atoms with van der Waals surface area (Å²) in [4.78, 5) is 35.9. The minimum atomic E-state index is -2.06. The molecule has 1 aliphatic carbocycles.